The lowest BCUT2D eigenvalue weighted by Crippen LogP contribution is -2.00. The van der Waals surface area contributed by atoms with Crippen LogP contribution >= 0.6 is 11.8 Å². The number of nitrogens with zero attached hydrogens (tertiary/aromatic N) is 2. The summed E-state index contributed by atoms with van der Waals surface area (Å²) in [5.41, 5.74) is 1.53. The Hall–Kier alpha value is -2.52. The summed E-state index contributed by atoms with van der Waals surface area (Å²) in [7, 11) is 1.51. The molecule has 0 aliphatic heterocycles. The van der Waals surface area contributed by atoms with E-state index in [0.717, 1.165) is 5.56 Å². The summed E-state index contributed by atoms with van der Waals surface area (Å²) in [5.74, 6) is 0.0454. The third-order valence-electron chi connectivity index (χ3n) is 2.76. The van der Waals surface area contributed by atoms with Gasteiger partial charge in [-0.25, -0.2) is 9.78 Å². The summed E-state index contributed by atoms with van der Waals surface area (Å²) < 4.78 is 5.09. The number of carboxylic acid groups (broad SMARTS) is 1. The first kappa shape index (κ1) is 14.9. The molecular formula is C15H12N2O3S. The molecule has 1 aromatic carbocycles. The molecule has 0 bridgehead atoms. The highest BCUT2D eigenvalue weighted by molar-refractivity contribution is 7.98. The standard InChI is InChI=1S/C15H12N2O3S/c1-20-13-5-4-10(7-11(13)8-16)9-21-14-12(15(18)19)3-2-6-17-14/h2-7H,9H2,1H3,(H,18,19). The second-order valence-corrected chi connectivity index (χ2v) is 5.06. The predicted octanol–water partition coefficient (Wildman–Crippen LogP) is 2.95. The van der Waals surface area contributed by atoms with Crippen LogP contribution in [0.15, 0.2) is 41.6 Å². The minimum Gasteiger partial charge on any atom is -0.495 e. The smallest absolute Gasteiger partial charge is 0.338 e. The Morgan fingerprint density at radius 1 is 1.48 bits per heavy atom. The van der Waals surface area contributed by atoms with Crippen molar-refractivity contribution in [3.05, 3.63) is 53.2 Å². The normalized spacial score (nSPS) is 9.90. The molecule has 1 N–H and O–H groups in total. The van der Waals surface area contributed by atoms with Gasteiger partial charge in [0, 0.05) is 11.9 Å². The summed E-state index contributed by atoms with van der Waals surface area (Å²) in [6.45, 7) is 0. The number of ether oxygens (including phenoxy) is 1. The predicted molar refractivity (Wildman–Crippen MR) is 78.5 cm³/mol. The third kappa shape index (κ3) is 3.52. The summed E-state index contributed by atoms with van der Waals surface area (Å²) in [5, 5.41) is 18.6. The number of carboxylic acids is 1. The van der Waals surface area contributed by atoms with E-state index in [2.05, 4.69) is 11.1 Å². The van der Waals surface area contributed by atoms with Gasteiger partial charge in [0.1, 0.15) is 16.8 Å². The molecule has 1 heterocycles. The van der Waals surface area contributed by atoms with Gasteiger partial charge in [0.25, 0.3) is 0 Å². The van der Waals surface area contributed by atoms with Gasteiger partial charge < -0.3 is 9.84 Å². The lowest BCUT2D eigenvalue weighted by molar-refractivity contribution is 0.0692. The Morgan fingerprint density at radius 2 is 2.29 bits per heavy atom. The van der Waals surface area contributed by atoms with Crippen LogP contribution in [0.1, 0.15) is 21.5 Å². The molecule has 0 radical (unpaired) electrons. The zero-order chi connectivity index (χ0) is 15.2. The highest BCUT2D eigenvalue weighted by Crippen LogP contribution is 2.26. The summed E-state index contributed by atoms with van der Waals surface area (Å²) in [6.07, 6.45) is 1.56. The van der Waals surface area contributed by atoms with Crippen LogP contribution in [0.4, 0.5) is 0 Å². The number of methoxy groups -OCH3 is 1. The van der Waals surface area contributed by atoms with Gasteiger partial charge in [-0.3, -0.25) is 0 Å². The van der Waals surface area contributed by atoms with Crippen molar-refractivity contribution < 1.29 is 14.6 Å². The first-order valence-electron chi connectivity index (χ1n) is 6.04. The molecule has 1 aromatic heterocycles. The fourth-order valence-electron chi connectivity index (χ4n) is 1.75. The maximum absolute atomic E-state index is 11.1. The first-order chi connectivity index (χ1) is 10.2. The number of rotatable bonds is 5. The van der Waals surface area contributed by atoms with E-state index in [1.807, 2.05) is 6.07 Å². The van der Waals surface area contributed by atoms with E-state index < -0.39 is 5.97 Å². The van der Waals surface area contributed by atoms with Gasteiger partial charge in [0.05, 0.1) is 18.2 Å². The maximum atomic E-state index is 11.1. The fraction of sp³-hybridized carbons (Fsp3) is 0.133. The SMILES string of the molecule is COc1ccc(CSc2ncccc2C(=O)O)cc1C#N. The van der Waals surface area contributed by atoms with Crippen molar-refractivity contribution in [2.24, 2.45) is 0 Å². The van der Waals surface area contributed by atoms with Crippen molar-refractivity contribution in [2.75, 3.05) is 7.11 Å². The largest absolute Gasteiger partial charge is 0.495 e. The van der Waals surface area contributed by atoms with Crippen molar-refractivity contribution in [3.63, 3.8) is 0 Å². The minimum absolute atomic E-state index is 0.177. The van der Waals surface area contributed by atoms with Crippen molar-refractivity contribution in [1.29, 1.82) is 5.26 Å². The third-order valence-corrected chi connectivity index (χ3v) is 3.84. The number of carbonyl (C=O) groups is 1. The molecule has 0 amide bonds. The molecule has 106 valence electrons. The highest BCUT2D eigenvalue weighted by atomic mass is 32.2. The zero-order valence-electron chi connectivity index (χ0n) is 11.2. The fourth-order valence-corrected chi connectivity index (χ4v) is 2.68. The maximum Gasteiger partial charge on any atom is 0.338 e. The molecule has 0 fully saturated rings. The molecule has 0 unspecified atom stereocenters. The Kier molecular flexibility index (Phi) is 4.80. The highest BCUT2D eigenvalue weighted by Gasteiger charge is 2.11. The van der Waals surface area contributed by atoms with E-state index in [0.29, 0.717) is 22.1 Å². The summed E-state index contributed by atoms with van der Waals surface area (Å²) >= 11 is 1.32. The van der Waals surface area contributed by atoms with Gasteiger partial charge in [0.2, 0.25) is 0 Å². The van der Waals surface area contributed by atoms with E-state index in [4.69, 9.17) is 15.1 Å². The van der Waals surface area contributed by atoms with Crippen molar-refractivity contribution >= 4 is 17.7 Å². The van der Waals surface area contributed by atoms with E-state index in [1.165, 1.54) is 24.9 Å². The summed E-state index contributed by atoms with van der Waals surface area (Å²) in [4.78, 5) is 15.2. The zero-order valence-corrected chi connectivity index (χ0v) is 12.1. The van der Waals surface area contributed by atoms with Crippen molar-refractivity contribution in [1.82, 2.24) is 4.98 Å². The first-order valence-corrected chi connectivity index (χ1v) is 7.02. The van der Waals surface area contributed by atoms with Crippen molar-refractivity contribution in [3.8, 4) is 11.8 Å². The van der Waals surface area contributed by atoms with Crippen molar-refractivity contribution in [2.45, 2.75) is 10.8 Å². The average molecular weight is 300 g/mol. The number of aromatic carboxylic acids is 1. The second kappa shape index (κ2) is 6.77. The monoisotopic (exact) mass is 300 g/mol. The number of thioether (sulfide) groups is 1. The number of aromatic nitrogens is 1. The van der Waals surface area contributed by atoms with Crippen LogP contribution in [0.2, 0.25) is 0 Å². The van der Waals surface area contributed by atoms with Gasteiger partial charge in [-0.2, -0.15) is 5.26 Å². The van der Waals surface area contributed by atoms with Gasteiger partial charge in [0.15, 0.2) is 0 Å². The Labute approximate surface area is 126 Å². The summed E-state index contributed by atoms with van der Waals surface area (Å²) in [6, 6.07) is 10.5. The molecule has 0 aliphatic rings. The van der Waals surface area contributed by atoms with Crippen LogP contribution in [0.25, 0.3) is 0 Å². The molecule has 0 saturated carbocycles. The van der Waals surface area contributed by atoms with Crippen LogP contribution in [0.3, 0.4) is 0 Å². The molecule has 21 heavy (non-hydrogen) atoms. The van der Waals surface area contributed by atoms with Crippen LogP contribution in [-0.2, 0) is 5.75 Å². The van der Waals surface area contributed by atoms with Gasteiger partial charge in [-0.05, 0) is 29.8 Å². The number of nitriles is 1. The van der Waals surface area contributed by atoms with E-state index >= 15 is 0 Å². The minimum atomic E-state index is -1.00. The molecule has 2 rings (SSSR count). The van der Waals surface area contributed by atoms with Crippen LogP contribution < -0.4 is 4.74 Å². The van der Waals surface area contributed by atoms with E-state index in [1.54, 1.807) is 24.4 Å². The van der Waals surface area contributed by atoms with Crippen LogP contribution in [0, 0.1) is 11.3 Å². The quantitative estimate of drug-likeness (QED) is 0.855. The molecule has 2 aromatic rings. The Bertz CT molecular complexity index is 710. The Morgan fingerprint density at radius 3 is 2.95 bits per heavy atom. The lowest BCUT2D eigenvalue weighted by Gasteiger charge is -2.07. The van der Waals surface area contributed by atoms with Crippen LogP contribution in [0.5, 0.6) is 5.75 Å². The average Bonchev–Trinajstić information content (AvgIpc) is 2.52. The van der Waals surface area contributed by atoms with Gasteiger partial charge >= 0.3 is 5.97 Å². The Balaban J connectivity index is 2.18. The van der Waals surface area contributed by atoms with E-state index in [9.17, 15) is 4.79 Å². The molecule has 0 aliphatic carbocycles. The molecule has 0 saturated heterocycles. The second-order valence-electron chi connectivity index (χ2n) is 4.10. The van der Waals surface area contributed by atoms with E-state index in [-0.39, 0.29) is 5.56 Å². The number of hydrogen-bond donors (Lipinski definition) is 1. The number of hydrogen-bond acceptors (Lipinski definition) is 5. The topological polar surface area (TPSA) is 83.2 Å². The number of pyridine rings is 1. The molecule has 0 spiro atoms. The molecule has 0 atom stereocenters. The van der Waals surface area contributed by atoms with Gasteiger partial charge in [-0.1, -0.05) is 6.07 Å². The molecule has 6 heteroatoms. The van der Waals surface area contributed by atoms with Crippen LogP contribution in [-0.4, -0.2) is 23.2 Å². The van der Waals surface area contributed by atoms with Gasteiger partial charge in [-0.15, -0.1) is 11.8 Å². The molecule has 5 nitrogen and oxygen atoms in total. The number of benzene rings is 1. The molecular weight excluding hydrogens is 288 g/mol. The lowest BCUT2D eigenvalue weighted by atomic mass is 10.1.